The lowest BCUT2D eigenvalue weighted by Crippen LogP contribution is -2.46. The molecule has 0 bridgehead atoms. The van der Waals surface area contributed by atoms with Crippen molar-refractivity contribution in [3.8, 4) is 6.07 Å². The molecule has 8 heteroatoms. The third-order valence-corrected chi connectivity index (χ3v) is 4.56. The molecule has 1 aliphatic heterocycles. The van der Waals surface area contributed by atoms with Gasteiger partial charge in [0.1, 0.15) is 6.07 Å². The van der Waals surface area contributed by atoms with Gasteiger partial charge in [-0.1, -0.05) is 11.6 Å². The van der Waals surface area contributed by atoms with Crippen LogP contribution in [0, 0.1) is 11.3 Å². The summed E-state index contributed by atoms with van der Waals surface area (Å²) in [7, 11) is 0. The lowest BCUT2D eigenvalue weighted by Gasteiger charge is -2.36. The van der Waals surface area contributed by atoms with Crippen molar-refractivity contribution in [1.82, 2.24) is 9.88 Å². The van der Waals surface area contributed by atoms with Crippen LogP contribution in [0.25, 0.3) is 0 Å². The SMILES string of the molecule is N#Cc1cc(C(F)(F)F)ccc1N1CCN(Cc2ccc(Cl)cn2)CC1. The normalized spacial score (nSPS) is 15.7. The van der Waals surface area contributed by atoms with Gasteiger partial charge in [-0.2, -0.15) is 18.4 Å². The summed E-state index contributed by atoms with van der Waals surface area (Å²) in [6, 6.07) is 8.88. The first-order chi connectivity index (χ1) is 12.4. The Balaban J connectivity index is 1.66. The number of hydrogen-bond acceptors (Lipinski definition) is 4. The van der Waals surface area contributed by atoms with Gasteiger partial charge in [-0.05, 0) is 30.3 Å². The Kier molecular flexibility index (Phi) is 5.35. The number of benzene rings is 1. The number of rotatable bonds is 3. The molecule has 1 aromatic heterocycles. The van der Waals surface area contributed by atoms with E-state index in [1.807, 2.05) is 17.0 Å². The lowest BCUT2D eigenvalue weighted by molar-refractivity contribution is -0.137. The lowest BCUT2D eigenvalue weighted by atomic mass is 10.1. The molecule has 3 rings (SSSR count). The number of piperazine rings is 1. The molecule has 136 valence electrons. The average Bonchev–Trinajstić information content (AvgIpc) is 2.63. The maximum atomic E-state index is 12.8. The molecular formula is C18H16ClF3N4. The van der Waals surface area contributed by atoms with Crippen LogP contribution in [0.4, 0.5) is 18.9 Å². The highest BCUT2D eigenvalue weighted by Crippen LogP contribution is 2.33. The summed E-state index contributed by atoms with van der Waals surface area (Å²) >= 11 is 5.83. The smallest absolute Gasteiger partial charge is 0.368 e. The molecule has 2 heterocycles. The highest BCUT2D eigenvalue weighted by atomic mass is 35.5. The van der Waals surface area contributed by atoms with Gasteiger partial charge in [0.25, 0.3) is 0 Å². The molecule has 1 fully saturated rings. The fourth-order valence-corrected chi connectivity index (χ4v) is 3.07. The molecule has 0 unspecified atom stereocenters. The Labute approximate surface area is 154 Å². The predicted octanol–water partition coefficient (Wildman–Crippen LogP) is 3.95. The van der Waals surface area contributed by atoms with Gasteiger partial charge in [-0.3, -0.25) is 9.88 Å². The molecule has 2 aromatic rings. The molecule has 0 saturated carbocycles. The number of nitriles is 1. The first kappa shape index (κ1) is 18.5. The zero-order chi connectivity index (χ0) is 18.7. The van der Waals surface area contributed by atoms with Gasteiger partial charge in [0.2, 0.25) is 0 Å². The summed E-state index contributed by atoms with van der Waals surface area (Å²) < 4.78 is 38.5. The Morgan fingerprint density at radius 2 is 1.85 bits per heavy atom. The molecule has 1 saturated heterocycles. The quantitative estimate of drug-likeness (QED) is 0.808. The number of hydrogen-bond donors (Lipinski definition) is 0. The van der Waals surface area contributed by atoms with Crippen LogP contribution in [0.5, 0.6) is 0 Å². The van der Waals surface area contributed by atoms with Crippen LogP contribution >= 0.6 is 11.6 Å². The Morgan fingerprint density at radius 3 is 2.42 bits per heavy atom. The number of anilines is 1. The Morgan fingerprint density at radius 1 is 1.12 bits per heavy atom. The van der Waals surface area contributed by atoms with E-state index >= 15 is 0 Å². The first-order valence-electron chi connectivity index (χ1n) is 8.06. The Bertz CT molecular complexity index is 807. The molecule has 1 aromatic carbocycles. The van der Waals surface area contributed by atoms with Crippen molar-refractivity contribution in [1.29, 1.82) is 5.26 Å². The number of nitrogens with zero attached hydrogens (tertiary/aromatic N) is 4. The van der Waals surface area contributed by atoms with E-state index in [9.17, 15) is 18.4 Å². The van der Waals surface area contributed by atoms with Gasteiger partial charge >= 0.3 is 6.18 Å². The van der Waals surface area contributed by atoms with Crippen LogP contribution in [-0.2, 0) is 12.7 Å². The van der Waals surface area contributed by atoms with E-state index < -0.39 is 11.7 Å². The van der Waals surface area contributed by atoms with Crippen LogP contribution in [0.15, 0.2) is 36.5 Å². The summed E-state index contributed by atoms with van der Waals surface area (Å²) in [6.45, 7) is 3.41. The minimum Gasteiger partial charge on any atom is -0.368 e. The van der Waals surface area contributed by atoms with Crippen molar-refractivity contribution in [2.75, 3.05) is 31.1 Å². The molecular weight excluding hydrogens is 365 g/mol. The average molecular weight is 381 g/mol. The van der Waals surface area contributed by atoms with Gasteiger partial charge in [0.15, 0.2) is 0 Å². The highest BCUT2D eigenvalue weighted by Gasteiger charge is 2.31. The van der Waals surface area contributed by atoms with Crippen molar-refractivity contribution < 1.29 is 13.2 Å². The molecule has 0 N–H and O–H groups in total. The monoisotopic (exact) mass is 380 g/mol. The van der Waals surface area contributed by atoms with Crippen molar-refractivity contribution in [2.24, 2.45) is 0 Å². The molecule has 0 amide bonds. The minimum absolute atomic E-state index is 0.0487. The van der Waals surface area contributed by atoms with Gasteiger partial charge in [0, 0.05) is 38.9 Å². The van der Waals surface area contributed by atoms with Gasteiger partial charge < -0.3 is 4.90 Å². The molecule has 1 aliphatic rings. The number of alkyl halides is 3. The zero-order valence-electron chi connectivity index (χ0n) is 13.8. The molecule has 26 heavy (non-hydrogen) atoms. The second kappa shape index (κ2) is 7.52. The predicted molar refractivity (Wildman–Crippen MR) is 92.9 cm³/mol. The van der Waals surface area contributed by atoms with E-state index in [1.165, 1.54) is 6.07 Å². The van der Waals surface area contributed by atoms with Crippen LogP contribution in [-0.4, -0.2) is 36.1 Å². The van der Waals surface area contributed by atoms with Crippen molar-refractivity contribution in [3.63, 3.8) is 0 Å². The van der Waals surface area contributed by atoms with Crippen LogP contribution in [0.3, 0.4) is 0 Å². The van der Waals surface area contributed by atoms with Crippen LogP contribution < -0.4 is 4.90 Å². The van der Waals surface area contributed by atoms with E-state index in [1.54, 1.807) is 12.3 Å². The number of aromatic nitrogens is 1. The Hall–Kier alpha value is -2.30. The van der Waals surface area contributed by atoms with E-state index in [0.717, 1.165) is 30.9 Å². The van der Waals surface area contributed by atoms with Crippen LogP contribution in [0.1, 0.15) is 16.8 Å². The molecule has 0 aliphatic carbocycles. The third-order valence-electron chi connectivity index (χ3n) is 4.33. The first-order valence-corrected chi connectivity index (χ1v) is 8.43. The van der Waals surface area contributed by atoms with E-state index in [2.05, 4.69) is 9.88 Å². The molecule has 0 atom stereocenters. The third kappa shape index (κ3) is 4.26. The van der Waals surface area contributed by atoms with Gasteiger partial charge in [0.05, 0.1) is 27.5 Å². The highest BCUT2D eigenvalue weighted by molar-refractivity contribution is 6.30. The minimum atomic E-state index is -4.45. The topological polar surface area (TPSA) is 43.2 Å². The van der Waals surface area contributed by atoms with Crippen molar-refractivity contribution in [2.45, 2.75) is 12.7 Å². The van der Waals surface area contributed by atoms with Crippen molar-refractivity contribution >= 4 is 17.3 Å². The number of pyridine rings is 1. The summed E-state index contributed by atoms with van der Waals surface area (Å²) in [4.78, 5) is 8.43. The van der Waals surface area contributed by atoms with E-state index in [0.29, 0.717) is 30.3 Å². The zero-order valence-corrected chi connectivity index (χ0v) is 14.6. The fraction of sp³-hybridized carbons (Fsp3) is 0.333. The second-order valence-corrected chi connectivity index (χ2v) is 6.51. The summed E-state index contributed by atoms with van der Waals surface area (Å²) in [6.07, 6.45) is -2.84. The standard InChI is InChI=1S/C18H16ClF3N4/c19-15-2-3-16(24-11-15)12-25-5-7-26(8-6-25)17-4-1-14(18(20,21)22)9-13(17)10-23/h1-4,9,11H,5-8,12H2. The summed E-state index contributed by atoms with van der Waals surface area (Å²) in [5.41, 5.74) is 0.706. The fourth-order valence-electron chi connectivity index (χ4n) is 2.95. The molecule has 4 nitrogen and oxygen atoms in total. The maximum absolute atomic E-state index is 12.8. The summed E-state index contributed by atoms with van der Waals surface area (Å²) in [5.74, 6) is 0. The van der Waals surface area contributed by atoms with Crippen LogP contribution in [0.2, 0.25) is 5.02 Å². The molecule has 0 spiro atoms. The van der Waals surface area contributed by atoms with E-state index in [4.69, 9.17) is 11.6 Å². The number of halogens is 4. The van der Waals surface area contributed by atoms with Gasteiger partial charge in [-0.25, -0.2) is 0 Å². The second-order valence-electron chi connectivity index (χ2n) is 6.07. The largest absolute Gasteiger partial charge is 0.416 e. The van der Waals surface area contributed by atoms with Gasteiger partial charge in [-0.15, -0.1) is 0 Å². The molecule has 0 radical (unpaired) electrons. The van der Waals surface area contributed by atoms with E-state index in [-0.39, 0.29) is 5.56 Å². The summed E-state index contributed by atoms with van der Waals surface area (Å²) in [5, 5.41) is 9.82. The maximum Gasteiger partial charge on any atom is 0.416 e. The van der Waals surface area contributed by atoms with Crippen molar-refractivity contribution in [3.05, 3.63) is 58.4 Å².